The van der Waals surface area contributed by atoms with E-state index in [1.165, 1.54) is 6.92 Å². The molecule has 0 radical (unpaired) electrons. The first-order valence-corrected chi connectivity index (χ1v) is 11.3. The van der Waals surface area contributed by atoms with Gasteiger partial charge in [-0.3, -0.25) is 9.59 Å². The normalized spacial score (nSPS) is 30.0. The number of carbonyl (C=O) groups excluding carboxylic acids is 2. The van der Waals surface area contributed by atoms with Gasteiger partial charge in [0.1, 0.15) is 19.2 Å². The van der Waals surface area contributed by atoms with Gasteiger partial charge in [-0.25, -0.2) is 0 Å². The second-order valence-corrected chi connectivity index (χ2v) is 8.97. The minimum atomic E-state index is -2.76. The largest absolute Gasteiger partial charge is 0.607 e. The molecule has 4 atom stereocenters. The summed E-state index contributed by atoms with van der Waals surface area (Å²) >= 11 is 0. The lowest BCUT2D eigenvalue weighted by molar-refractivity contribution is -0.852. The fourth-order valence-corrected chi connectivity index (χ4v) is 5.29. The molecule has 7 heteroatoms. The van der Waals surface area contributed by atoms with Crippen LogP contribution in [0.2, 0.25) is 0 Å². The highest BCUT2D eigenvalue weighted by Gasteiger charge is 2.61. The van der Waals surface area contributed by atoms with Gasteiger partial charge in [-0.2, -0.15) is 0 Å². The molecule has 1 saturated heterocycles. The second kappa shape index (κ2) is 9.41. The number of benzene rings is 2. The van der Waals surface area contributed by atoms with Gasteiger partial charge < -0.3 is 18.8 Å². The molecule has 6 nitrogen and oxygen atoms in total. The predicted molar refractivity (Wildman–Crippen MR) is 123 cm³/mol. The number of rotatable bonds is 8. The molecular weight excluding hydrogens is 405 g/mol. The third-order valence-electron chi connectivity index (χ3n) is 6.71. The molecule has 0 amide bonds. The van der Waals surface area contributed by atoms with Gasteiger partial charge in [-0.1, -0.05) is 66.7 Å². The molecule has 1 aliphatic carbocycles. The minimum Gasteiger partial charge on any atom is -0.607 e. The van der Waals surface area contributed by atoms with E-state index < -0.39 is 12.7 Å². The standard InChI is InChI=1S/C25H30BNO5/c1-20(28)17-27(23-13-8-14-24(23)31-19-22-11-6-3-7-12-22)18-25(29)32-26(27,30)16-15-21-9-4-2-5-10-21/h2-7,9-12,15-16,23-24,30H,8,13-14,17-19H2,1H3/t23-,24-,26?,27?/m1/s1. The third-order valence-corrected chi connectivity index (χ3v) is 6.71. The first-order chi connectivity index (χ1) is 15.4. The Morgan fingerprint density at radius 3 is 2.53 bits per heavy atom. The summed E-state index contributed by atoms with van der Waals surface area (Å²) in [5.41, 5.74) is 1.95. The van der Waals surface area contributed by atoms with E-state index in [0.29, 0.717) is 6.61 Å². The zero-order chi connectivity index (χ0) is 22.6. The van der Waals surface area contributed by atoms with E-state index in [4.69, 9.17) is 9.39 Å². The van der Waals surface area contributed by atoms with Crippen molar-refractivity contribution in [3.8, 4) is 0 Å². The molecule has 1 aliphatic heterocycles. The number of quaternary nitrogens is 1. The highest BCUT2D eigenvalue weighted by atomic mass is 16.6. The first-order valence-electron chi connectivity index (χ1n) is 11.3. The number of hydrogen-bond acceptors (Lipinski definition) is 5. The summed E-state index contributed by atoms with van der Waals surface area (Å²) in [6.07, 6.45) is 4.07. The number of nitrogens with zero attached hydrogens (tertiary/aromatic N) is 1. The number of ketones is 1. The summed E-state index contributed by atoms with van der Waals surface area (Å²) in [6.45, 7) is -0.833. The molecule has 168 valence electrons. The van der Waals surface area contributed by atoms with Crippen LogP contribution in [-0.2, 0) is 25.6 Å². The molecule has 0 aromatic heterocycles. The molecule has 1 saturated carbocycles. The summed E-state index contributed by atoms with van der Waals surface area (Å²) in [5.74, 6) is 1.00. The third kappa shape index (κ3) is 4.55. The highest BCUT2D eigenvalue weighted by molar-refractivity contribution is 6.68. The van der Waals surface area contributed by atoms with Crippen LogP contribution >= 0.6 is 0 Å². The van der Waals surface area contributed by atoms with Crippen molar-refractivity contribution >= 4 is 24.5 Å². The quantitative estimate of drug-likeness (QED) is 0.645. The number of ether oxygens (including phenoxy) is 1. The van der Waals surface area contributed by atoms with E-state index in [9.17, 15) is 14.6 Å². The van der Waals surface area contributed by atoms with Gasteiger partial charge in [0, 0.05) is 6.92 Å². The predicted octanol–water partition coefficient (Wildman–Crippen LogP) is 3.27. The van der Waals surface area contributed by atoms with E-state index in [1.807, 2.05) is 60.7 Å². The molecule has 4 rings (SSSR count). The van der Waals surface area contributed by atoms with Gasteiger partial charge in [0.05, 0.1) is 12.6 Å². The average molecular weight is 435 g/mol. The number of carbonyl (C=O) groups is 2. The van der Waals surface area contributed by atoms with Crippen molar-refractivity contribution in [3.05, 3.63) is 77.8 Å². The molecule has 2 fully saturated rings. The van der Waals surface area contributed by atoms with Crippen LogP contribution < -0.4 is 0 Å². The number of hydrogen-bond donors (Lipinski definition) is 1. The van der Waals surface area contributed by atoms with Gasteiger partial charge in [-0.05, 0) is 30.4 Å². The first kappa shape index (κ1) is 22.5. The Labute approximate surface area is 189 Å². The van der Waals surface area contributed by atoms with Gasteiger partial charge in [0.2, 0.25) is 0 Å². The van der Waals surface area contributed by atoms with Crippen LogP contribution in [0.4, 0.5) is 0 Å². The lowest BCUT2D eigenvalue weighted by Crippen LogP contribution is -2.72. The Bertz CT molecular complexity index is 982. The summed E-state index contributed by atoms with van der Waals surface area (Å²) in [6, 6.07) is 19.2. The fraction of sp³-hybridized carbons (Fsp3) is 0.360. The number of Topliss-reactive ketones (excluding diaryl/α,β-unsaturated/α-hetero) is 1. The maximum atomic E-state index is 12.5. The van der Waals surface area contributed by atoms with Crippen LogP contribution in [0.1, 0.15) is 37.3 Å². The summed E-state index contributed by atoms with van der Waals surface area (Å²) in [5, 5.41) is 11.7. The van der Waals surface area contributed by atoms with Gasteiger partial charge in [0.25, 0.3) is 0 Å². The minimum absolute atomic E-state index is 0.0250. The van der Waals surface area contributed by atoms with E-state index in [1.54, 1.807) is 12.1 Å². The zero-order valence-electron chi connectivity index (χ0n) is 18.4. The molecule has 0 bridgehead atoms. The molecule has 32 heavy (non-hydrogen) atoms. The van der Waals surface area contributed by atoms with Crippen LogP contribution in [0.15, 0.2) is 66.6 Å². The van der Waals surface area contributed by atoms with Crippen molar-refractivity contribution in [2.75, 3.05) is 13.1 Å². The van der Waals surface area contributed by atoms with Crippen LogP contribution in [0.3, 0.4) is 0 Å². The van der Waals surface area contributed by atoms with E-state index in [-0.39, 0.29) is 35.4 Å². The lowest BCUT2D eigenvalue weighted by Gasteiger charge is -2.53. The van der Waals surface area contributed by atoms with Crippen molar-refractivity contribution < 1.29 is 28.4 Å². The molecule has 1 N–H and O–H groups in total. The van der Waals surface area contributed by atoms with Crippen molar-refractivity contribution in [3.63, 3.8) is 0 Å². The SMILES string of the molecule is CC(=O)C[N+]1([C@@H]2CCC[C@H]2OCc2ccccc2)CC(=O)O[B-]1(O)C=Cc1ccccc1. The Kier molecular flexibility index (Phi) is 6.60. The van der Waals surface area contributed by atoms with Crippen LogP contribution in [0.5, 0.6) is 0 Å². The van der Waals surface area contributed by atoms with Crippen molar-refractivity contribution in [1.29, 1.82) is 0 Å². The van der Waals surface area contributed by atoms with Crippen LogP contribution in [0.25, 0.3) is 6.08 Å². The molecular formula is C25H30BNO5. The Morgan fingerprint density at radius 1 is 1.16 bits per heavy atom. The smallest absolute Gasteiger partial charge is 0.549 e. The molecule has 2 aromatic rings. The molecule has 2 unspecified atom stereocenters. The van der Waals surface area contributed by atoms with Crippen LogP contribution in [-0.4, -0.2) is 53.1 Å². The molecule has 2 aromatic carbocycles. The van der Waals surface area contributed by atoms with E-state index in [2.05, 4.69) is 0 Å². The fourth-order valence-electron chi connectivity index (χ4n) is 5.29. The van der Waals surface area contributed by atoms with Crippen molar-refractivity contribution in [2.45, 2.75) is 44.9 Å². The average Bonchev–Trinajstić information content (AvgIpc) is 3.35. The molecule has 2 aliphatic rings. The molecule has 0 spiro atoms. The van der Waals surface area contributed by atoms with E-state index in [0.717, 1.165) is 30.4 Å². The van der Waals surface area contributed by atoms with Gasteiger partial charge >= 0.3 is 12.7 Å². The zero-order valence-corrected chi connectivity index (χ0v) is 18.4. The van der Waals surface area contributed by atoms with E-state index >= 15 is 0 Å². The topological polar surface area (TPSA) is 72.8 Å². The van der Waals surface area contributed by atoms with Gasteiger partial charge in [-0.15, -0.1) is 5.98 Å². The molecule has 1 heterocycles. The Hall–Kier alpha value is -2.74. The Morgan fingerprint density at radius 2 is 1.84 bits per heavy atom. The van der Waals surface area contributed by atoms with Gasteiger partial charge in [0.15, 0.2) is 5.78 Å². The maximum absolute atomic E-state index is 12.5. The van der Waals surface area contributed by atoms with Crippen LogP contribution in [0, 0.1) is 0 Å². The highest BCUT2D eigenvalue weighted by Crippen LogP contribution is 2.40. The van der Waals surface area contributed by atoms with Crippen molar-refractivity contribution in [2.24, 2.45) is 0 Å². The monoisotopic (exact) mass is 435 g/mol. The lowest BCUT2D eigenvalue weighted by atomic mass is 9.64. The second-order valence-electron chi connectivity index (χ2n) is 8.97. The summed E-state index contributed by atoms with van der Waals surface area (Å²) in [7, 11) is 0. The summed E-state index contributed by atoms with van der Waals surface area (Å²) in [4.78, 5) is 24.9. The maximum Gasteiger partial charge on any atom is 0.549 e. The van der Waals surface area contributed by atoms with Crippen molar-refractivity contribution in [1.82, 2.24) is 0 Å². The Balaban J connectivity index is 1.65. The summed E-state index contributed by atoms with van der Waals surface area (Å²) < 4.78 is 11.7.